The van der Waals surface area contributed by atoms with Crippen molar-refractivity contribution in [3.05, 3.63) is 34.9 Å². The van der Waals surface area contributed by atoms with E-state index in [9.17, 15) is 4.79 Å². The molecular weight excluding hydrogens is 224 g/mol. The van der Waals surface area contributed by atoms with Crippen LogP contribution in [-0.2, 0) is 0 Å². The third-order valence-electron chi connectivity index (χ3n) is 4.37. The van der Waals surface area contributed by atoms with Crippen LogP contribution in [0.2, 0.25) is 0 Å². The monoisotopic (exact) mass is 244 g/mol. The van der Waals surface area contributed by atoms with Crippen molar-refractivity contribution < 1.29 is 4.79 Å². The van der Waals surface area contributed by atoms with Crippen molar-refractivity contribution in [3.8, 4) is 0 Å². The molecule has 2 aliphatic heterocycles. The number of nitrogens with zero attached hydrogens (tertiary/aromatic N) is 1. The predicted octanol–water partition coefficient (Wildman–Crippen LogP) is 1.59. The minimum Gasteiger partial charge on any atom is -0.338 e. The number of carbonyl (C=O) groups is 1. The Kier molecular flexibility index (Phi) is 2.86. The topological polar surface area (TPSA) is 32.3 Å². The van der Waals surface area contributed by atoms with Crippen LogP contribution in [0.25, 0.3) is 0 Å². The second-order valence-corrected chi connectivity index (χ2v) is 5.66. The van der Waals surface area contributed by atoms with Crippen molar-refractivity contribution in [2.24, 2.45) is 11.8 Å². The smallest absolute Gasteiger partial charge is 0.254 e. The first kappa shape index (κ1) is 11.7. The number of nitrogens with one attached hydrogen (secondary N) is 1. The predicted molar refractivity (Wildman–Crippen MR) is 71.7 cm³/mol. The summed E-state index contributed by atoms with van der Waals surface area (Å²) in [7, 11) is 0. The van der Waals surface area contributed by atoms with Crippen LogP contribution in [0.4, 0.5) is 0 Å². The van der Waals surface area contributed by atoms with Gasteiger partial charge in [-0.15, -0.1) is 0 Å². The van der Waals surface area contributed by atoms with Crippen LogP contribution < -0.4 is 5.32 Å². The van der Waals surface area contributed by atoms with E-state index >= 15 is 0 Å². The lowest BCUT2D eigenvalue weighted by Gasteiger charge is -2.20. The molecule has 0 bridgehead atoms. The standard InChI is InChI=1S/C15H20N2O/c1-10-4-3-5-11(2)14(10)15(18)17-8-12-6-16-7-13(12)9-17/h3-5,12-13,16H,6-9H2,1-2H3. The molecule has 2 saturated heterocycles. The number of hydrogen-bond donors (Lipinski definition) is 1. The molecular formula is C15H20N2O. The number of aryl methyl sites for hydroxylation is 2. The normalized spacial score (nSPS) is 26.4. The molecule has 2 atom stereocenters. The molecule has 96 valence electrons. The summed E-state index contributed by atoms with van der Waals surface area (Å²) >= 11 is 0. The van der Waals surface area contributed by atoms with Gasteiger partial charge in [0, 0.05) is 31.7 Å². The van der Waals surface area contributed by atoms with E-state index in [-0.39, 0.29) is 5.91 Å². The third-order valence-corrected chi connectivity index (χ3v) is 4.37. The summed E-state index contributed by atoms with van der Waals surface area (Å²) in [4.78, 5) is 14.7. The van der Waals surface area contributed by atoms with Gasteiger partial charge in [-0.1, -0.05) is 18.2 Å². The molecule has 1 aromatic rings. The van der Waals surface area contributed by atoms with E-state index < -0.39 is 0 Å². The maximum absolute atomic E-state index is 12.6. The molecule has 3 nitrogen and oxygen atoms in total. The lowest BCUT2D eigenvalue weighted by atomic mass is 10.0. The molecule has 3 heteroatoms. The SMILES string of the molecule is Cc1cccc(C)c1C(=O)N1CC2CNCC2C1. The maximum atomic E-state index is 12.6. The molecule has 2 fully saturated rings. The van der Waals surface area contributed by atoms with Gasteiger partial charge in [0.1, 0.15) is 0 Å². The number of likely N-dealkylation sites (tertiary alicyclic amines) is 1. The van der Waals surface area contributed by atoms with E-state index in [1.165, 1.54) is 0 Å². The number of carbonyl (C=O) groups excluding carboxylic acids is 1. The highest BCUT2D eigenvalue weighted by molar-refractivity contribution is 5.97. The molecule has 1 amide bonds. The second kappa shape index (κ2) is 4.39. The Hall–Kier alpha value is -1.35. The fraction of sp³-hybridized carbons (Fsp3) is 0.533. The summed E-state index contributed by atoms with van der Waals surface area (Å²) < 4.78 is 0. The zero-order valence-corrected chi connectivity index (χ0v) is 11.1. The van der Waals surface area contributed by atoms with Crippen molar-refractivity contribution >= 4 is 5.91 Å². The summed E-state index contributed by atoms with van der Waals surface area (Å²) in [6.07, 6.45) is 0. The van der Waals surface area contributed by atoms with Gasteiger partial charge < -0.3 is 10.2 Å². The second-order valence-electron chi connectivity index (χ2n) is 5.66. The van der Waals surface area contributed by atoms with E-state index in [4.69, 9.17) is 0 Å². The molecule has 1 N–H and O–H groups in total. The van der Waals surface area contributed by atoms with E-state index in [0.717, 1.165) is 42.9 Å². The molecule has 0 aliphatic carbocycles. The molecule has 2 heterocycles. The lowest BCUT2D eigenvalue weighted by Crippen LogP contribution is -2.32. The van der Waals surface area contributed by atoms with Crippen molar-refractivity contribution in [3.63, 3.8) is 0 Å². The van der Waals surface area contributed by atoms with Gasteiger partial charge in [-0.2, -0.15) is 0 Å². The Labute approximate surface area is 108 Å². The number of hydrogen-bond acceptors (Lipinski definition) is 2. The molecule has 3 rings (SSSR count). The molecule has 0 spiro atoms. The minimum absolute atomic E-state index is 0.222. The Morgan fingerprint density at radius 1 is 1.17 bits per heavy atom. The minimum atomic E-state index is 0.222. The summed E-state index contributed by atoms with van der Waals surface area (Å²) in [5.74, 6) is 1.55. The van der Waals surface area contributed by atoms with Crippen molar-refractivity contribution in [2.45, 2.75) is 13.8 Å². The van der Waals surface area contributed by atoms with Gasteiger partial charge in [-0.3, -0.25) is 4.79 Å². The van der Waals surface area contributed by atoms with Gasteiger partial charge in [-0.05, 0) is 36.8 Å². The summed E-state index contributed by atoms with van der Waals surface area (Å²) in [6, 6.07) is 6.07. The van der Waals surface area contributed by atoms with Gasteiger partial charge in [0.25, 0.3) is 5.91 Å². The zero-order valence-electron chi connectivity index (χ0n) is 11.1. The number of amides is 1. The molecule has 2 aliphatic rings. The van der Waals surface area contributed by atoms with Crippen LogP contribution in [-0.4, -0.2) is 37.0 Å². The summed E-state index contributed by atoms with van der Waals surface area (Å²) in [5.41, 5.74) is 3.09. The van der Waals surface area contributed by atoms with E-state index in [0.29, 0.717) is 11.8 Å². The van der Waals surface area contributed by atoms with Crippen molar-refractivity contribution in [2.75, 3.05) is 26.2 Å². The van der Waals surface area contributed by atoms with Crippen LogP contribution in [0.3, 0.4) is 0 Å². The van der Waals surface area contributed by atoms with E-state index in [1.54, 1.807) is 0 Å². The highest BCUT2D eigenvalue weighted by Crippen LogP contribution is 2.28. The van der Waals surface area contributed by atoms with Crippen LogP contribution in [0, 0.1) is 25.7 Å². The van der Waals surface area contributed by atoms with Gasteiger partial charge in [0.15, 0.2) is 0 Å². The van der Waals surface area contributed by atoms with Crippen molar-refractivity contribution in [1.82, 2.24) is 10.2 Å². The fourth-order valence-corrected chi connectivity index (χ4v) is 3.33. The van der Waals surface area contributed by atoms with Crippen LogP contribution in [0.5, 0.6) is 0 Å². The fourth-order valence-electron chi connectivity index (χ4n) is 3.33. The Bertz CT molecular complexity index is 451. The number of benzene rings is 1. The highest BCUT2D eigenvalue weighted by atomic mass is 16.2. The Morgan fingerprint density at radius 3 is 2.28 bits per heavy atom. The molecule has 0 saturated carbocycles. The quantitative estimate of drug-likeness (QED) is 0.813. The first-order chi connectivity index (χ1) is 8.66. The Morgan fingerprint density at radius 2 is 1.72 bits per heavy atom. The first-order valence-corrected chi connectivity index (χ1v) is 6.73. The molecule has 0 radical (unpaired) electrons. The van der Waals surface area contributed by atoms with E-state index in [1.807, 2.05) is 36.9 Å². The molecule has 2 unspecified atom stereocenters. The molecule has 1 aromatic carbocycles. The maximum Gasteiger partial charge on any atom is 0.254 e. The average molecular weight is 244 g/mol. The van der Waals surface area contributed by atoms with Gasteiger partial charge in [0.05, 0.1) is 0 Å². The molecule has 18 heavy (non-hydrogen) atoms. The lowest BCUT2D eigenvalue weighted by molar-refractivity contribution is 0.0780. The van der Waals surface area contributed by atoms with Crippen molar-refractivity contribution in [1.29, 1.82) is 0 Å². The Balaban J connectivity index is 1.83. The van der Waals surface area contributed by atoms with Crippen LogP contribution >= 0.6 is 0 Å². The largest absolute Gasteiger partial charge is 0.338 e. The first-order valence-electron chi connectivity index (χ1n) is 6.73. The van der Waals surface area contributed by atoms with Gasteiger partial charge in [-0.25, -0.2) is 0 Å². The van der Waals surface area contributed by atoms with Gasteiger partial charge in [0.2, 0.25) is 0 Å². The number of rotatable bonds is 1. The van der Waals surface area contributed by atoms with Gasteiger partial charge >= 0.3 is 0 Å². The third kappa shape index (κ3) is 1.83. The summed E-state index contributed by atoms with van der Waals surface area (Å²) in [5, 5.41) is 3.41. The number of fused-ring (bicyclic) bond motifs is 1. The average Bonchev–Trinajstić information content (AvgIpc) is 2.88. The van der Waals surface area contributed by atoms with E-state index in [2.05, 4.69) is 5.32 Å². The van der Waals surface area contributed by atoms with Crippen LogP contribution in [0.1, 0.15) is 21.5 Å². The highest BCUT2D eigenvalue weighted by Gasteiger charge is 2.38. The summed E-state index contributed by atoms with van der Waals surface area (Å²) in [6.45, 7) is 8.04. The zero-order chi connectivity index (χ0) is 12.7. The molecule has 0 aromatic heterocycles. The van der Waals surface area contributed by atoms with Crippen LogP contribution in [0.15, 0.2) is 18.2 Å².